The molecule has 0 unspecified atom stereocenters. The van der Waals surface area contributed by atoms with Gasteiger partial charge in [-0.1, -0.05) is 28.1 Å². The molecular weight excluding hydrogens is 352 g/mol. The average Bonchev–Trinajstić information content (AvgIpc) is 2.37. The number of hydrogen-bond donors (Lipinski definition) is 2. The maximum atomic E-state index is 12.6. The molecular formula is C15H17BrN2O2S. The van der Waals surface area contributed by atoms with E-state index in [1.54, 1.807) is 32.0 Å². The van der Waals surface area contributed by atoms with Crippen molar-refractivity contribution in [1.29, 1.82) is 0 Å². The zero-order valence-electron chi connectivity index (χ0n) is 12.1. The first-order chi connectivity index (χ1) is 9.72. The highest BCUT2D eigenvalue weighted by Gasteiger charge is 2.22. The minimum atomic E-state index is -3.72. The summed E-state index contributed by atoms with van der Waals surface area (Å²) in [6.07, 6.45) is 0. The van der Waals surface area contributed by atoms with Gasteiger partial charge in [-0.3, -0.25) is 4.72 Å². The summed E-state index contributed by atoms with van der Waals surface area (Å²) in [6, 6.07) is 8.93. The van der Waals surface area contributed by atoms with Gasteiger partial charge in [0.25, 0.3) is 10.0 Å². The van der Waals surface area contributed by atoms with Crippen molar-refractivity contribution < 1.29 is 8.42 Å². The fourth-order valence-corrected chi connectivity index (χ4v) is 4.14. The molecule has 2 rings (SSSR count). The fraction of sp³-hybridized carbons (Fsp3) is 0.200. The first-order valence-corrected chi connectivity index (χ1v) is 8.64. The summed E-state index contributed by atoms with van der Waals surface area (Å²) in [5.74, 6) is 0. The summed E-state index contributed by atoms with van der Waals surface area (Å²) in [5.41, 5.74) is 8.99. The number of halogens is 1. The van der Waals surface area contributed by atoms with Crippen LogP contribution in [0.5, 0.6) is 0 Å². The SMILES string of the molecule is Cc1cc(Br)ccc1NS(=O)(=O)c1c(C)ccc(C)c1N. The minimum Gasteiger partial charge on any atom is -0.397 e. The Morgan fingerprint density at radius 1 is 1.00 bits per heavy atom. The molecule has 0 radical (unpaired) electrons. The van der Waals surface area contributed by atoms with Crippen molar-refractivity contribution >= 4 is 37.3 Å². The van der Waals surface area contributed by atoms with Crippen molar-refractivity contribution in [2.24, 2.45) is 0 Å². The fourth-order valence-electron chi connectivity index (χ4n) is 2.10. The Morgan fingerprint density at radius 2 is 1.62 bits per heavy atom. The third kappa shape index (κ3) is 3.22. The first-order valence-electron chi connectivity index (χ1n) is 6.37. The van der Waals surface area contributed by atoms with Gasteiger partial charge in [0.2, 0.25) is 0 Å². The molecule has 0 fully saturated rings. The predicted molar refractivity (Wildman–Crippen MR) is 90.0 cm³/mol. The molecule has 2 aromatic carbocycles. The number of aryl methyl sites for hydroxylation is 3. The topological polar surface area (TPSA) is 72.2 Å². The van der Waals surface area contributed by atoms with Crippen LogP contribution < -0.4 is 10.5 Å². The zero-order valence-corrected chi connectivity index (χ0v) is 14.5. The second-order valence-electron chi connectivity index (χ2n) is 5.01. The van der Waals surface area contributed by atoms with Gasteiger partial charge in [-0.25, -0.2) is 8.42 Å². The highest BCUT2D eigenvalue weighted by atomic mass is 79.9. The second kappa shape index (κ2) is 5.69. The molecule has 112 valence electrons. The van der Waals surface area contributed by atoms with Crippen molar-refractivity contribution in [3.05, 3.63) is 51.5 Å². The Balaban J connectivity index is 2.51. The summed E-state index contributed by atoms with van der Waals surface area (Å²) in [4.78, 5) is 0.143. The number of hydrogen-bond acceptors (Lipinski definition) is 3. The molecule has 21 heavy (non-hydrogen) atoms. The van der Waals surface area contributed by atoms with E-state index in [9.17, 15) is 8.42 Å². The van der Waals surface area contributed by atoms with E-state index in [1.165, 1.54) is 0 Å². The summed E-state index contributed by atoms with van der Waals surface area (Å²) in [7, 11) is -3.72. The molecule has 0 aromatic heterocycles. The van der Waals surface area contributed by atoms with Crippen LogP contribution >= 0.6 is 15.9 Å². The van der Waals surface area contributed by atoms with E-state index >= 15 is 0 Å². The molecule has 0 saturated heterocycles. The third-order valence-corrected chi connectivity index (χ3v) is 5.37. The van der Waals surface area contributed by atoms with Crippen LogP contribution in [-0.4, -0.2) is 8.42 Å². The van der Waals surface area contributed by atoms with Gasteiger partial charge in [0.15, 0.2) is 0 Å². The lowest BCUT2D eigenvalue weighted by Crippen LogP contribution is -2.17. The van der Waals surface area contributed by atoms with Gasteiger partial charge in [0, 0.05) is 4.47 Å². The van der Waals surface area contributed by atoms with Crippen LogP contribution in [0.3, 0.4) is 0 Å². The Labute approximate surface area is 133 Å². The number of nitrogens with one attached hydrogen (secondary N) is 1. The first kappa shape index (κ1) is 15.9. The largest absolute Gasteiger partial charge is 0.397 e. The van der Waals surface area contributed by atoms with Gasteiger partial charge in [-0.15, -0.1) is 0 Å². The highest BCUT2D eigenvalue weighted by Crippen LogP contribution is 2.29. The highest BCUT2D eigenvalue weighted by molar-refractivity contribution is 9.10. The lowest BCUT2D eigenvalue weighted by atomic mass is 10.1. The minimum absolute atomic E-state index is 0.143. The van der Waals surface area contributed by atoms with Gasteiger partial charge < -0.3 is 5.73 Å². The van der Waals surface area contributed by atoms with Crippen LogP contribution in [0.15, 0.2) is 39.7 Å². The van der Waals surface area contributed by atoms with Crippen molar-refractivity contribution in [3.8, 4) is 0 Å². The van der Waals surface area contributed by atoms with Crippen LogP contribution in [-0.2, 0) is 10.0 Å². The molecule has 6 heteroatoms. The monoisotopic (exact) mass is 368 g/mol. The number of nitrogens with two attached hydrogens (primary N) is 1. The molecule has 0 saturated carbocycles. The van der Waals surface area contributed by atoms with Crippen molar-refractivity contribution in [2.45, 2.75) is 25.7 Å². The van der Waals surface area contributed by atoms with Crippen LogP contribution in [0, 0.1) is 20.8 Å². The molecule has 4 nitrogen and oxygen atoms in total. The predicted octanol–water partition coefficient (Wildman–Crippen LogP) is 3.76. The molecule has 0 aliphatic heterocycles. The molecule has 0 aliphatic rings. The lowest BCUT2D eigenvalue weighted by molar-refractivity contribution is 0.601. The Morgan fingerprint density at radius 3 is 2.24 bits per heavy atom. The van der Waals surface area contributed by atoms with Gasteiger partial charge in [0.1, 0.15) is 4.90 Å². The molecule has 0 atom stereocenters. The molecule has 0 amide bonds. The van der Waals surface area contributed by atoms with Crippen LogP contribution in [0.25, 0.3) is 0 Å². The van der Waals surface area contributed by atoms with E-state index in [-0.39, 0.29) is 10.6 Å². The number of benzene rings is 2. The van der Waals surface area contributed by atoms with Gasteiger partial charge in [-0.05, 0) is 55.7 Å². The van der Waals surface area contributed by atoms with E-state index < -0.39 is 10.0 Å². The molecule has 2 aromatic rings. The van der Waals surface area contributed by atoms with E-state index in [0.717, 1.165) is 15.6 Å². The zero-order chi connectivity index (χ0) is 15.8. The average molecular weight is 369 g/mol. The van der Waals surface area contributed by atoms with Gasteiger partial charge >= 0.3 is 0 Å². The molecule has 3 N–H and O–H groups in total. The van der Waals surface area contributed by atoms with Crippen molar-refractivity contribution in [2.75, 3.05) is 10.5 Å². The van der Waals surface area contributed by atoms with E-state index in [2.05, 4.69) is 20.7 Å². The van der Waals surface area contributed by atoms with E-state index in [1.807, 2.05) is 19.1 Å². The normalized spacial score (nSPS) is 11.4. The Hall–Kier alpha value is -1.53. The molecule has 0 bridgehead atoms. The smallest absolute Gasteiger partial charge is 0.264 e. The maximum absolute atomic E-state index is 12.6. The lowest BCUT2D eigenvalue weighted by Gasteiger charge is -2.15. The quantitative estimate of drug-likeness (QED) is 0.810. The molecule has 0 spiro atoms. The summed E-state index contributed by atoms with van der Waals surface area (Å²) < 4.78 is 28.8. The number of sulfonamides is 1. The van der Waals surface area contributed by atoms with Crippen molar-refractivity contribution in [3.63, 3.8) is 0 Å². The number of anilines is 2. The Kier molecular flexibility index (Phi) is 4.30. The molecule has 0 aliphatic carbocycles. The standard InChI is InChI=1S/C15H17BrN2O2S/c1-9-4-5-10(2)15(14(9)17)21(19,20)18-13-7-6-12(16)8-11(13)3/h4-8,18H,17H2,1-3H3. The van der Waals surface area contributed by atoms with Crippen molar-refractivity contribution in [1.82, 2.24) is 0 Å². The van der Waals surface area contributed by atoms with Crippen LogP contribution in [0.1, 0.15) is 16.7 Å². The number of nitrogen functional groups attached to an aromatic ring is 1. The van der Waals surface area contributed by atoms with E-state index in [0.29, 0.717) is 11.3 Å². The van der Waals surface area contributed by atoms with Crippen LogP contribution in [0.4, 0.5) is 11.4 Å². The van der Waals surface area contributed by atoms with E-state index in [4.69, 9.17) is 5.73 Å². The van der Waals surface area contributed by atoms with Gasteiger partial charge in [-0.2, -0.15) is 0 Å². The summed E-state index contributed by atoms with van der Waals surface area (Å²) in [5, 5.41) is 0. The second-order valence-corrected chi connectivity index (χ2v) is 7.54. The Bertz CT molecular complexity index is 802. The van der Waals surface area contributed by atoms with Gasteiger partial charge in [0.05, 0.1) is 11.4 Å². The summed E-state index contributed by atoms with van der Waals surface area (Å²) >= 11 is 3.36. The third-order valence-electron chi connectivity index (χ3n) is 3.31. The molecule has 0 heterocycles. The maximum Gasteiger partial charge on any atom is 0.264 e. The number of rotatable bonds is 3. The van der Waals surface area contributed by atoms with Crippen LogP contribution in [0.2, 0.25) is 0 Å². The summed E-state index contributed by atoms with van der Waals surface area (Å²) in [6.45, 7) is 5.37.